The van der Waals surface area contributed by atoms with Crippen LogP contribution >= 0.6 is 11.3 Å². The van der Waals surface area contributed by atoms with E-state index in [9.17, 15) is 0 Å². The van der Waals surface area contributed by atoms with Crippen molar-refractivity contribution in [3.05, 3.63) is 53.1 Å². The summed E-state index contributed by atoms with van der Waals surface area (Å²) in [6.45, 7) is 17.8. The maximum atomic E-state index is 6.48. The molecule has 2 aliphatic rings. The fourth-order valence-electron chi connectivity index (χ4n) is 5.19. The van der Waals surface area contributed by atoms with Gasteiger partial charge in [-0.25, -0.2) is 0 Å². The smallest absolute Gasteiger partial charge is 0.399 e. The molecule has 0 N–H and O–H groups in total. The molecular formula is C27H33BO2S. The van der Waals surface area contributed by atoms with Gasteiger partial charge in [-0.3, -0.25) is 0 Å². The molecule has 0 unspecified atom stereocenters. The fraction of sp³-hybridized carbons (Fsp3) is 0.481. The van der Waals surface area contributed by atoms with Crippen molar-refractivity contribution in [1.29, 1.82) is 0 Å². The van der Waals surface area contributed by atoms with Gasteiger partial charge in [-0.15, -0.1) is 11.3 Å². The average molecular weight is 432 g/mol. The quantitative estimate of drug-likeness (QED) is 0.429. The van der Waals surface area contributed by atoms with Crippen molar-refractivity contribution in [2.24, 2.45) is 5.92 Å². The van der Waals surface area contributed by atoms with Gasteiger partial charge in [-0.05, 0) is 85.3 Å². The Hall–Kier alpha value is -1.62. The summed E-state index contributed by atoms with van der Waals surface area (Å²) in [5.41, 5.74) is 6.05. The molecule has 0 amide bonds. The third-order valence-corrected chi connectivity index (χ3v) is 8.71. The molecule has 1 aliphatic heterocycles. The largest absolute Gasteiger partial charge is 0.495 e. The Kier molecular flexibility index (Phi) is 4.59. The molecule has 1 saturated heterocycles. The third kappa shape index (κ3) is 3.06. The van der Waals surface area contributed by atoms with E-state index >= 15 is 0 Å². The first-order valence-electron chi connectivity index (χ1n) is 11.5. The van der Waals surface area contributed by atoms with Crippen molar-refractivity contribution in [3.63, 3.8) is 0 Å². The Labute approximate surface area is 191 Å². The van der Waals surface area contributed by atoms with Gasteiger partial charge in [0.05, 0.1) is 11.2 Å². The van der Waals surface area contributed by atoms with E-state index in [1.165, 1.54) is 37.2 Å². The molecule has 0 bridgehead atoms. The van der Waals surface area contributed by atoms with Crippen molar-refractivity contribution in [2.45, 2.75) is 78.4 Å². The van der Waals surface area contributed by atoms with E-state index in [2.05, 4.69) is 91.8 Å². The molecule has 2 heterocycles. The molecule has 2 nitrogen and oxygen atoms in total. The number of fused-ring (bicyclic) bond motifs is 5. The van der Waals surface area contributed by atoms with E-state index in [1.54, 1.807) is 0 Å². The molecule has 162 valence electrons. The first kappa shape index (κ1) is 21.2. The molecule has 0 saturated carbocycles. The minimum Gasteiger partial charge on any atom is -0.399 e. The van der Waals surface area contributed by atoms with Crippen molar-refractivity contribution in [3.8, 4) is 10.4 Å². The second-order valence-electron chi connectivity index (χ2n) is 11.2. The number of benzene rings is 2. The minimum atomic E-state index is -0.344. The average Bonchev–Trinajstić information content (AvgIpc) is 3.21. The van der Waals surface area contributed by atoms with E-state index < -0.39 is 0 Å². The van der Waals surface area contributed by atoms with Crippen LogP contribution in [0.15, 0.2) is 36.4 Å². The van der Waals surface area contributed by atoms with Gasteiger partial charge in [-0.1, -0.05) is 52.0 Å². The molecule has 1 aromatic heterocycles. The van der Waals surface area contributed by atoms with Gasteiger partial charge in [0.1, 0.15) is 0 Å². The van der Waals surface area contributed by atoms with Gasteiger partial charge in [-0.2, -0.15) is 0 Å². The standard InChI is InChI=1S/C27H33BO2S/c1-16(2)14-17-12-13-21-18(15-17)23-24(31-21)22-19(25(23,3)4)10-9-11-20(22)28-29-26(5,6)27(7,8)30-28/h9-13,15-16H,14H2,1-8H3. The summed E-state index contributed by atoms with van der Waals surface area (Å²) in [6, 6.07) is 13.7. The number of thiophene rings is 1. The zero-order chi connectivity index (χ0) is 22.3. The van der Waals surface area contributed by atoms with Gasteiger partial charge >= 0.3 is 7.12 Å². The number of rotatable bonds is 3. The van der Waals surface area contributed by atoms with Crippen LogP contribution in [-0.2, 0) is 21.1 Å². The molecule has 31 heavy (non-hydrogen) atoms. The van der Waals surface area contributed by atoms with Gasteiger partial charge in [0.15, 0.2) is 0 Å². The molecule has 0 radical (unpaired) electrons. The molecule has 1 aliphatic carbocycles. The van der Waals surface area contributed by atoms with Crippen LogP contribution in [0.5, 0.6) is 0 Å². The van der Waals surface area contributed by atoms with Crippen molar-refractivity contribution in [1.82, 2.24) is 0 Å². The van der Waals surface area contributed by atoms with E-state index in [1.807, 2.05) is 11.3 Å². The summed E-state index contributed by atoms with van der Waals surface area (Å²) in [4.78, 5) is 1.39. The Morgan fingerprint density at radius 1 is 0.935 bits per heavy atom. The summed E-state index contributed by atoms with van der Waals surface area (Å²) >= 11 is 1.92. The van der Waals surface area contributed by atoms with Gasteiger partial charge in [0, 0.05) is 15.0 Å². The molecule has 2 aromatic carbocycles. The lowest BCUT2D eigenvalue weighted by Crippen LogP contribution is -2.41. The molecule has 0 atom stereocenters. The van der Waals surface area contributed by atoms with E-state index in [0.29, 0.717) is 5.92 Å². The van der Waals surface area contributed by atoms with Crippen LogP contribution in [0.2, 0.25) is 0 Å². The molecule has 4 heteroatoms. The normalized spacial score (nSPS) is 20.5. The first-order valence-corrected chi connectivity index (χ1v) is 12.3. The molecule has 3 aromatic rings. The predicted molar refractivity (Wildman–Crippen MR) is 134 cm³/mol. The molecule has 0 spiro atoms. The number of hydrogen-bond acceptors (Lipinski definition) is 3. The second kappa shape index (κ2) is 6.70. The highest BCUT2D eigenvalue weighted by Crippen LogP contribution is 2.55. The predicted octanol–water partition coefficient (Wildman–Crippen LogP) is 6.71. The van der Waals surface area contributed by atoms with Crippen molar-refractivity contribution >= 4 is 34.0 Å². The lowest BCUT2D eigenvalue weighted by molar-refractivity contribution is 0.00578. The fourth-order valence-corrected chi connectivity index (χ4v) is 6.61. The van der Waals surface area contributed by atoms with E-state index in [4.69, 9.17) is 9.31 Å². The molecule has 5 rings (SSSR count). The van der Waals surface area contributed by atoms with E-state index in [-0.39, 0.29) is 23.7 Å². The lowest BCUT2D eigenvalue weighted by Gasteiger charge is -2.32. The Morgan fingerprint density at radius 3 is 2.26 bits per heavy atom. The van der Waals surface area contributed by atoms with Gasteiger partial charge in [0.2, 0.25) is 0 Å². The minimum absolute atomic E-state index is 0.0426. The summed E-state index contributed by atoms with van der Waals surface area (Å²) in [5, 5.41) is 1.42. The maximum Gasteiger partial charge on any atom is 0.495 e. The van der Waals surface area contributed by atoms with Crippen LogP contribution in [0.3, 0.4) is 0 Å². The lowest BCUT2D eigenvalue weighted by atomic mass is 9.73. The SMILES string of the molecule is CC(C)Cc1ccc2sc3c(c2c1)C(C)(C)c1cccc(B2OC(C)(C)C(C)(C)O2)c1-3. The van der Waals surface area contributed by atoms with Crippen LogP contribution in [0.25, 0.3) is 20.5 Å². The van der Waals surface area contributed by atoms with Crippen LogP contribution in [0, 0.1) is 5.92 Å². The highest BCUT2D eigenvalue weighted by atomic mass is 32.1. The highest BCUT2D eigenvalue weighted by molar-refractivity contribution is 7.22. The zero-order valence-electron chi connectivity index (χ0n) is 20.1. The summed E-state index contributed by atoms with van der Waals surface area (Å²) in [5.74, 6) is 0.657. The van der Waals surface area contributed by atoms with Gasteiger partial charge < -0.3 is 9.31 Å². The van der Waals surface area contributed by atoms with Crippen LogP contribution in [-0.4, -0.2) is 18.3 Å². The summed E-state index contributed by atoms with van der Waals surface area (Å²) < 4.78 is 14.3. The topological polar surface area (TPSA) is 18.5 Å². The monoisotopic (exact) mass is 432 g/mol. The van der Waals surface area contributed by atoms with E-state index in [0.717, 1.165) is 11.9 Å². The first-order chi connectivity index (χ1) is 14.4. The van der Waals surface area contributed by atoms with Crippen LogP contribution < -0.4 is 5.46 Å². The van der Waals surface area contributed by atoms with Crippen molar-refractivity contribution in [2.75, 3.05) is 0 Å². The molecule has 1 fully saturated rings. The zero-order valence-corrected chi connectivity index (χ0v) is 20.9. The third-order valence-electron chi connectivity index (χ3n) is 7.53. The highest BCUT2D eigenvalue weighted by Gasteiger charge is 2.53. The Balaban J connectivity index is 1.70. The Morgan fingerprint density at radius 2 is 1.61 bits per heavy atom. The van der Waals surface area contributed by atoms with Crippen LogP contribution in [0.4, 0.5) is 0 Å². The summed E-state index contributed by atoms with van der Waals surface area (Å²) in [6.07, 6.45) is 1.12. The maximum absolute atomic E-state index is 6.48. The van der Waals surface area contributed by atoms with Crippen molar-refractivity contribution < 1.29 is 9.31 Å². The second-order valence-corrected chi connectivity index (χ2v) is 12.3. The number of hydrogen-bond donors (Lipinski definition) is 0. The van der Waals surface area contributed by atoms with Gasteiger partial charge in [0.25, 0.3) is 0 Å². The molecular weight excluding hydrogens is 399 g/mol. The Bertz CT molecular complexity index is 1170. The van der Waals surface area contributed by atoms with Crippen LogP contribution in [0.1, 0.15) is 72.1 Å². The summed E-state index contributed by atoms with van der Waals surface area (Å²) in [7, 11) is -0.344.